The maximum absolute atomic E-state index is 11.9. The third-order valence-electron chi connectivity index (χ3n) is 3.13. The zero-order chi connectivity index (χ0) is 13.8. The van der Waals surface area contributed by atoms with Crippen LogP contribution in [0.2, 0.25) is 0 Å². The predicted molar refractivity (Wildman–Crippen MR) is 74.6 cm³/mol. The number of amides is 1. The average Bonchev–Trinajstić information content (AvgIpc) is 2.94. The van der Waals surface area contributed by atoms with Crippen molar-refractivity contribution >= 4 is 5.91 Å². The van der Waals surface area contributed by atoms with E-state index in [1.807, 2.05) is 48.5 Å². The van der Waals surface area contributed by atoms with Crippen molar-refractivity contribution in [1.29, 1.82) is 0 Å². The first-order chi connectivity index (χ1) is 9.81. The molecule has 1 heterocycles. The van der Waals surface area contributed by atoms with Gasteiger partial charge < -0.3 is 14.8 Å². The lowest BCUT2D eigenvalue weighted by molar-refractivity contribution is -0.120. The molecule has 2 aromatic rings. The van der Waals surface area contributed by atoms with E-state index in [1.54, 1.807) is 0 Å². The standard InChI is InChI=1S/C16H15NO3/c18-16(17-10-12-4-2-1-3-5-12)9-13-6-7-14-15(8-13)20-11-19-14/h1-8H,9-11H2,(H,17,18). The van der Waals surface area contributed by atoms with Crippen LogP contribution in [-0.4, -0.2) is 12.7 Å². The van der Waals surface area contributed by atoms with Crippen LogP contribution in [0.3, 0.4) is 0 Å². The van der Waals surface area contributed by atoms with Crippen molar-refractivity contribution in [2.75, 3.05) is 6.79 Å². The zero-order valence-corrected chi connectivity index (χ0v) is 11.0. The van der Waals surface area contributed by atoms with Crippen molar-refractivity contribution < 1.29 is 14.3 Å². The zero-order valence-electron chi connectivity index (χ0n) is 11.0. The van der Waals surface area contributed by atoms with Gasteiger partial charge in [0, 0.05) is 6.54 Å². The number of carbonyl (C=O) groups is 1. The van der Waals surface area contributed by atoms with E-state index in [0.29, 0.717) is 18.7 Å². The minimum atomic E-state index is -0.00674. The molecule has 2 aromatic carbocycles. The Bertz CT molecular complexity index is 610. The molecule has 1 N–H and O–H groups in total. The average molecular weight is 269 g/mol. The molecule has 4 heteroatoms. The largest absolute Gasteiger partial charge is 0.454 e. The van der Waals surface area contributed by atoms with E-state index in [2.05, 4.69) is 5.32 Å². The highest BCUT2D eigenvalue weighted by Crippen LogP contribution is 2.32. The Labute approximate surface area is 117 Å². The SMILES string of the molecule is O=C(Cc1ccc2c(c1)OCO2)NCc1ccccc1. The summed E-state index contributed by atoms with van der Waals surface area (Å²) in [5, 5.41) is 2.90. The van der Waals surface area contributed by atoms with Crippen LogP contribution >= 0.6 is 0 Å². The van der Waals surface area contributed by atoms with E-state index >= 15 is 0 Å². The van der Waals surface area contributed by atoms with E-state index in [1.165, 1.54) is 0 Å². The van der Waals surface area contributed by atoms with Crippen LogP contribution in [-0.2, 0) is 17.8 Å². The fraction of sp³-hybridized carbons (Fsp3) is 0.188. The third kappa shape index (κ3) is 2.91. The molecule has 3 rings (SSSR count). The molecule has 0 saturated carbocycles. The van der Waals surface area contributed by atoms with Gasteiger partial charge in [0.05, 0.1) is 6.42 Å². The fourth-order valence-corrected chi connectivity index (χ4v) is 2.10. The molecule has 0 atom stereocenters. The van der Waals surface area contributed by atoms with Gasteiger partial charge in [-0.15, -0.1) is 0 Å². The summed E-state index contributed by atoms with van der Waals surface area (Å²) in [6.45, 7) is 0.795. The molecule has 0 aromatic heterocycles. The molecule has 1 amide bonds. The number of hydrogen-bond donors (Lipinski definition) is 1. The smallest absolute Gasteiger partial charge is 0.231 e. The van der Waals surface area contributed by atoms with Gasteiger partial charge in [0.15, 0.2) is 11.5 Å². The van der Waals surface area contributed by atoms with Gasteiger partial charge in [-0.3, -0.25) is 4.79 Å². The van der Waals surface area contributed by atoms with Gasteiger partial charge in [-0.25, -0.2) is 0 Å². The van der Waals surface area contributed by atoms with Crippen molar-refractivity contribution in [3.63, 3.8) is 0 Å². The first-order valence-electron chi connectivity index (χ1n) is 6.50. The first kappa shape index (κ1) is 12.5. The highest BCUT2D eigenvalue weighted by molar-refractivity contribution is 5.78. The molecule has 0 aliphatic carbocycles. The number of ether oxygens (including phenoxy) is 2. The highest BCUT2D eigenvalue weighted by atomic mass is 16.7. The Morgan fingerprint density at radius 3 is 2.65 bits per heavy atom. The fourth-order valence-electron chi connectivity index (χ4n) is 2.10. The summed E-state index contributed by atoms with van der Waals surface area (Å²) in [5.41, 5.74) is 2.01. The second-order valence-corrected chi connectivity index (χ2v) is 4.63. The molecule has 1 aliphatic heterocycles. The Morgan fingerprint density at radius 1 is 1.00 bits per heavy atom. The molecule has 1 aliphatic rings. The summed E-state index contributed by atoms with van der Waals surface area (Å²) in [6.07, 6.45) is 0.337. The summed E-state index contributed by atoms with van der Waals surface area (Å²) in [6, 6.07) is 15.4. The van der Waals surface area contributed by atoms with Gasteiger partial charge >= 0.3 is 0 Å². The number of rotatable bonds is 4. The number of benzene rings is 2. The normalized spacial score (nSPS) is 12.2. The molecule has 0 spiro atoms. The summed E-state index contributed by atoms with van der Waals surface area (Å²) >= 11 is 0. The first-order valence-corrected chi connectivity index (χ1v) is 6.50. The minimum absolute atomic E-state index is 0.00674. The Morgan fingerprint density at radius 2 is 1.80 bits per heavy atom. The van der Waals surface area contributed by atoms with Crippen LogP contribution in [0.1, 0.15) is 11.1 Å². The summed E-state index contributed by atoms with van der Waals surface area (Å²) in [5.74, 6) is 1.43. The van der Waals surface area contributed by atoms with Crippen LogP contribution in [0.4, 0.5) is 0 Å². The minimum Gasteiger partial charge on any atom is -0.454 e. The summed E-state index contributed by atoms with van der Waals surface area (Å²) in [4.78, 5) is 11.9. The van der Waals surface area contributed by atoms with Crippen LogP contribution in [0.25, 0.3) is 0 Å². The second-order valence-electron chi connectivity index (χ2n) is 4.63. The number of hydrogen-bond acceptors (Lipinski definition) is 3. The third-order valence-corrected chi connectivity index (χ3v) is 3.13. The van der Waals surface area contributed by atoms with Crippen molar-refractivity contribution in [1.82, 2.24) is 5.32 Å². The van der Waals surface area contributed by atoms with Gasteiger partial charge in [-0.1, -0.05) is 36.4 Å². The maximum atomic E-state index is 11.9. The molecular formula is C16H15NO3. The van der Waals surface area contributed by atoms with Crippen LogP contribution in [0.15, 0.2) is 48.5 Å². The van der Waals surface area contributed by atoms with Gasteiger partial charge in [-0.05, 0) is 23.3 Å². The summed E-state index contributed by atoms with van der Waals surface area (Å²) < 4.78 is 10.5. The molecule has 0 bridgehead atoms. The van der Waals surface area contributed by atoms with Crippen molar-refractivity contribution in [2.24, 2.45) is 0 Å². The number of fused-ring (bicyclic) bond motifs is 1. The Hall–Kier alpha value is -2.49. The summed E-state index contributed by atoms with van der Waals surface area (Å²) in [7, 11) is 0. The lowest BCUT2D eigenvalue weighted by atomic mass is 10.1. The Kier molecular flexibility index (Phi) is 3.54. The molecule has 4 nitrogen and oxygen atoms in total. The highest BCUT2D eigenvalue weighted by Gasteiger charge is 2.14. The van der Waals surface area contributed by atoms with Crippen molar-refractivity contribution in [3.05, 3.63) is 59.7 Å². The van der Waals surface area contributed by atoms with E-state index < -0.39 is 0 Å². The van der Waals surface area contributed by atoms with Crippen molar-refractivity contribution in [2.45, 2.75) is 13.0 Å². The van der Waals surface area contributed by atoms with Gasteiger partial charge in [-0.2, -0.15) is 0 Å². The lowest BCUT2D eigenvalue weighted by Gasteiger charge is -2.06. The van der Waals surface area contributed by atoms with Crippen LogP contribution < -0.4 is 14.8 Å². The quantitative estimate of drug-likeness (QED) is 0.926. The van der Waals surface area contributed by atoms with Gasteiger partial charge in [0.25, 0.3) is 0 Å². The van der Waals surface area contributed by atoms with E-state index in [9.17, 15) is 4.79 Å². The molecule has 0 radical (unpaired) electrons. The number of nitrogens with one attached hydrogen (secondary N) is 1. The number of carbonyl (C=O) groups excluding carboxylic acids is 1. The molecule has 102 valence electrons. The monoisotopic (exact) mass is 269 g/mol. The second kappa shape index (κ2) is 5.65. The van der Waals surface area contributed by atoms with E-state index in [4.69, 9.17) is 9.47 Å². The molecule has 0 unspecified atom stereocenters. The molecule has 0 saturated heterocycles. The topological polar surface area (TPSA) is 47.6 Å². The lowest BCUT2D eigenvalue weighted by Crippen LogP contribution is -2.24. The molecule has 20 heavy (non-hydrogen) atoms. The van der Waals surface area contributed by atoms with Gasteiger partial charge in [0.2, 0.25) is 12.7 Å². The van der Waals surface area contributed by atoms with E-state index in [-0.39, 0.29) is 12.7 Å². The van der Waals surface area contributed by atoms with Crippen LogP contribution in [0.5, 0.6) is 11.5 Å². The maximum Gasteiger partial charge on any atom is 0.231 e. The molecular weight excluding hydrogens is 254 g/mol. The van der Waals surface area contributed by atoms with Crippen LogP contribution in [0, 0.1) is 0 Å². The van der Waals surface area contributed by atoms with E-state index in [0.717, 1.165) is 16.9 Å². The molecule has 0 fully saturated rings. The Balaban J connectivity index is 1.56. The van der Waals surface area contributed by atoms with Gasteiger partial charge in [0.1, 0.15) is 0 Å². The predicted octanol–water partition coefficient (Wildman–Crippen LogP) is 2.27. The van der Waals surface area contributed by atoms with Crippen molar-refractivity contribution in [3.8, 4) is 11.5 Å².